The summed E-state index contributed by atoms with van der Waals surface area (Å²) < 4.78 is 38.1. The van der Waals surface area contributed by atoms with Gasteiger partial charge in [0, 0.05) is 15.4 Å². The Morgan fingerprint density at radius 2 is 1.47 bits per heavy atom. The van der Waals surface area contributed by atoms with E-state index in [9.17, 15) is 18.0 Å². The van der Waals surface area contributed by atoms with Crippen molar-refractivity contribution in [1.82, 2.24) is 0 Å². The summed E-state index contributed by atoms with van der Waals surface area (Å²) in [5.41, 5.74) is -1.44. The number of hydrogen-bond acceptors (Lipinski definition) is 6. The average Bonchev–Trinajstić information content (AvgIpc) is 3.42. The molecule has 0 bridgehead atoms. The van der Waals surface area contributed by atoms with Gasteiger partial charge in [0.15, 0.2) is 15.3 Å². The number of halogens is 2. The van der Waals surface area contributed by atoms with E-state index in [2.05, 4.69) is 15.9 Å². The van der Waals surface area contributed by atoms with E-state index in [1.807, 2.05) is 0 Å². The SMILES string of the molecule is CCOC(=O)C1(C(=O)OCC)[C@@H](c2ccc(Br)cc2)[C@@H]1S(=O)(=O)c1ccc(Cl)cc1. The summed E-state index contributed by atoms with van der Waals surface area (Å²) in [4.78, 5) is 26.0. The van der Waals surface area contributed by atoms with Crippen LogP contribution in [0.5, 0.6) is 0 Å². The zero-order valence-corrected chi connectivity index (χ0v) is 19.5. The zero-order valence-electron chi connectivity index (χ0n) is 16.3. The molecule has 0 aromatic heterocycles. The lowest BCUT2D eigenvalue weighted by molar-refractivity contribution is -0.164. The van der Waals surface area contributed by atoms with Crippen LogP contribution in [0.2, 0.25) is 5.02 Å². The quantitative estimate of drug-likeness (QED) is 0.407. The lowest BCUT2D eigenvalue weighted by atomic mass is 9.99. The minimum Gasteiger partial charge on any atom is -0.465 e. The highest BCUT2D eigenvalue weighted by molar-refractivity contribution is 9.10. The van der Waals surface area contributed by atoms with E-state index in [4.69, 9.17) is 21.1 Å². The first kappa shape index (κ1) is 22.8. The van der Waals surface area contributed by atoms with Gasteiger partial charge in [0.25, 0.3) is 0 Å². The molecule has 2 aromatic carbocycles. The van der Waals surface area contributed by atoms with E-state index in [1.54, 1.807) is 38.1 Å². The minimum atomic E-state index is -4.10. The predicted octanol–water partition coefficient (Wildman–Crippen LogP) is 4.15. The molecule has 2 aromatic rings. The lowest BCUT2D eigenvalue weighted by Crippen LogP contribution is -2.35. The number of carbonyl (C=O) groups is 2. The van der Waals surface area contributed by atoms with E-state index in [1.165, 1.54) is 24.3 Å². The molecular formula is C21H20BrClO6S. The fourth-order valence-corrected chi connectivity index (χ4v) is 6.41. The monoisotopic (exact) mass is 514 g/mol. The van der Waals surface area contributed by atoms with Gasteiger partial charge in [-0.25, -0.2) is 8.42 Å². The first-order valence-corrected chi connectivity index (χ1v) is 12.0. The molecule has 3 rings (SSSR count). The van der Waals surface area contributed by atoms with Gasteiger partial charge in [0.2, 0.25) is 0 Å². The van der Waals surface area contributed by atoms with Gasteiger partial charge in [0.05, 0.1) is 18.1 Å². The van der Waals surface area contributed by atoms with Crippen LogP contribution in [0.4, 0.5) is 0 Å². The maximum Gasteiger partial charge on any atom is 0.325 e. The van der Waals surface area contributed by atoms with E-state index in [-0.39, 0.29) is 18.1 Å². The highest BCUT2D eigenvalue weighted by Gasteiger charge is 2.81. The lowest BCUT2D eigenvalue weighted by Gasteiger charge is -2.15. The molecule has 160 valence electrons. The summed E-state index contributed by atoms with van der Waals surface area (Å²) in [6, 6.07) is 12.4. The van der Waals surface area contributed by atoms with Crippen molar-refractivity contribution in [3.05, 3.63) is 63.6 Å². The second-order valence-electron chi connectivity index (χ2n) is 6.76. The molecule has 0 heterocycles. The summed E-state index contributed by atoms with van der Waals surface area (Å²) in [7, 11) is -4.10. The maximum absolute atomic E-state index is 13.5. The first-order valence-electron chi connectivity index (χ1n) is 9.30. The Hall–Kier alpha value is -1.90. The number of ether oxygens (including phenoxy) is 2. The Labute approximate surface area is 188 Å². The highest BCUT2D eigenvalue weighted by atomic mass is 79.9. The number of benzene rings is 2. The molecule has 30 heavy (non-hydrogen) atoms. The van der Waals surface area contributed by atoms with E-state index < -0.39 is 38.4 Å². The van der Waals surface area contributed by atoms with Gasteiger partial charge in [-0.1, -0.05) is 39.7 Å². The molecule has 2 atom stereocenters. The van der Waals surface area contributed by atoms with Crippen LogP contribution in [0.3, 0.4) is 0 Å². The third kappa shape index (κ3) is 3.76. The molecule has 0 spiro atoms. The van der Waals surface area contributed by atoms with Crippen LogP contribution in [0.15, 0.2) is 57.9 Å². The smallest absolute Gasteiger partial charge is 0.325 e. The fraction of sp³-hybridized carbons (Fsp3) is 0.333. The zero-order chi connectivity index (χ0) is 22.1. The second kappa shape index (κ2) is 8.69. The van der Waals surface area contributed by atoms with Crippen LogP contribution in [0, 0.1) is 5.41 Å². The van der Waals surface area contributed by atoms with Gasteiger partial charge >= 0.3 is 11.9 Å². The third-order valence-corrected chi connectivity index (χ3v) is 8.09. The van der Waals surface area contributed by atoms with Crippen molar-refractivity contribution < 1.29 is 27.5 Å². The van der Waals surface area contributed by atoms with Gasteiger partial charge in [-0.15, -0.1) is 0 Å². The molecule has 0 amide bonds. The predicted molar refractivity (Wildman–Crippen MR) is 115 cm³/mol. The van der Waals surface area contributed by atoms with Gasteiger partial charge < -0.3 is 9.47 Å². The average molecular weight is 516 g/mol. The standard InChI is InChI=1S/C21H20BrClO6S/c1-3-28-19(24)21(20(25)29-4-2)17(13-5-7-14(22)8-6-13)18(21)30(26,27)16-11-9-15(23)10-12-16/h5-12,17-18H,3-4H2,1-2H3/t17-,18-/m0/s1. The number of hydrogen-bond donors (Lipinski definition) is 0. The highest BCUT2D eigenvalue weighted by Crippen LogP contribution is 2.65. The van der Waals surface area contributed by atoms with Crippen molar-refractivity contribution in [2.24, 2.45) is 5.41 Å². The molecule has 6 nitrogen and oxygen atoms in total. The number of esters is 2. The van der Waals surface area contributed by atoms with Crippen LogP contribution in [-0.4, -0.2) is 38.8 Å². The van der Waals surface area contributed by atoms with Crippen molar-refractivity contribution in [3.8, 4) is 0 Å². The van der Waals surface area contributed by atoms with Crippen molar-refractivity contribution in [2.75, 3.05) is 13.2 Å². The Balaban J connectivity index is 2.19. The Kier molecular flexibility index (Phi) is 6.60. The molecule has 1 fully saturated rings. The molecule has 1 aliphatic carbocycles. The molecule has 0 saturated heterocycles. The molecule has 9 heteroatoms. The summed E-state index contributed by atoms with van der Waals surface area (Å²) in [5, 5.41) is -0.985. The number of sulfone groups is 1. The summed E-state index contributed by atoms with van der Waals surface area (Å²) in [6.45, 7) is 3.19. The Morgan fingerprint density at radius 3 is 1.93 bits per heavy atom. The van der Waals surface area contributed by atoms with Crippen molar-refractivity contribution in [1.29, 1.82) is 0 Å². The van der Waals surface area contributed by atoms with Gasteiger partial charge in [-0.3, -0.25) is 9.59 Å². The topological polar surface area (TPSA) is 86.7 Å². The summed E-state index contributed by atoms with van der Waals surface area (Å²) in [6.07, 6.45) is 0. The van der Waals surface area contributed by atoms with E-state index in [0.717, 1.165) is 4.47 Å². The van der Waals surface area contributed by atoms with Crippen LogP contribution in [0.1, 0.15) is 25.3 Å². The van der Waals surface area contributed by atoms with Crippen LogP contribution in [-0.2, 0) is 28.9 Å². The summed E-state index contributed by atoms with van der Waals surface area (Å²) >= 11 is 9.22. The van der Waals surface area contributed by atoms with Gasteiger partial charge in [-0.2, -0.15) is 0 Å². The summed E-state index contributed by atoms with van der Waals surface area (Å²) in [5.74, 6) is -2.75. The first-order chi connectivity index (χ1) is 14.2. The van der Waals surface area contributed by atoms with Gasteiger partial charge in [0.1, 0.15) is 5.25 Å². The number of rotatable bonds is 7. The molecule has 0 N–H and O–H groups in total. The number of carbonyl (C=O) groups excluding carboxylic acids is 2. The molecule has 0 unspecified atom stereocenters. The Bertz CT molecular complexity index is 1030. The largest absolute Gasteiger partial charge is 0.465 e. The molecular weight excluding hydrogens is 496 g/mol. The Morgan fingerprint density at radius 1 is 0.967 bits per heavy atom. The molecule has 1 saturated carbocycles. The fourth-order valence-electron chi connectivity index (χ4n) is 3.73. The second-order valence-corrected chi connectivity index (χ2v) is 10.2. The van der Waals surface area contributed by atoms with Crippen molar-refractivity contribution >= 4 is 49.3 Å². The van der Waals surface area contributed by atoms with E-state index in [0.29, 0.717) is 10.6 Å². The van der Waals surface area contributed by atoms with Crippen LogP contribution < -0.4 is 0 Å². The maximum atomic E-state index is 13.5. The van der Waals surface area contributed by atoms with Crippen LogP contribution >= 0.6 is 27.5 Å². The van der Waals surface area contributed by atoms with Crippen LogP contribution in [0.25, 0.3) is 0 Å². The van der Waals surface area contributed by atoms with E-state index >= 15 is 0 Å². The normalized spacial score (nSPS) is 19.7. The third-order valence-electron chi connectivity index (χ3n) is 5.06. The minimum absolute atomic E-state index is 0.000753. The molecule has 1 aliphatic rings. The molecule has 0 aliphatic heterocycles. The van der Waals surface area contributed by atoms with Crippen molar-refractivity contribution in [3.63, 3.8) is 0 Å². The van der Waals surface area contributed by atoms with Crippen molar-refractivity contribution in [2.45, 2.75) is 29.9 Å². The van der Waals surface area contributed by atoms with Gasteiger partial charge in [-0.05, 0) is 55.8 Å². The molecule has 0 radical (unpaired) electrons.